The van der Waals surface area contributed by atoms with Crippen LogP contribution in [0.3, 0.4) is 0 Å². The molecule has 2 aliphatic heterocycles. The molecule has 2 unspecified atom stereocenters. The zero-order valence-corrected chi connectivity index (χ0v) is 19.0. The van der Waals surface area contributed by atoms with Gasteiger partial charge in [0.25, 0.3) is 0 Å². The van der Waals surface area contributed by atoms with Crippen molar-refractivity contribution < 1.29 is 4.79 Å². The number of nitrogens with one attached hydrogen (secondary N) is 1. The molecule has 0 aromatic heterocycles. The highest BCUT2D eigenvalue weighted by Crippen LogP contribution is 2.38. The standard InChI is InChI=1S/C26H34N4O/c1-19-8-6-9-21(16-19)20(2)17-28-26(27-3)30-18-22(23-10-4-5-11-24(23)30)13-15-29-14-7-12-25(29)31/h4-6,8-11,16,20,22H,7,12-15,17-18H2,1-3H3,(H,27,28). The van der Waals surface area contributed by atoms with Crippen LogP contribution in [0.4, 0.5) is 5.69 Å². The van der Waals surface area contributed by atoms with Crippen LogP contribution in [-0.2, 0) is 4.79 Å². The molecule has 0 bridgehead atoms. The molecule has 2 aromatic carbocycles. The molecule has 2 atom stereocenters. The lowest BCUT2D eigenvalue weighted by Crippen LogP contribution is -2.42. The van der Waals surface area contributed by atoms with Gasteiger partial charge in [0.15, 0.2) is 5.96 Å². The number of guanidine groups is 1. The third-order valence-electron chi connectivity index (χ3n) is 6.63. The first kappa shape index (κ1) is 21.4. The smallest absolute Gasteiger partial charge is 0.222 e. The second kappa shape index (κ2) is 9.54. The Kier molecular flexibility index (Phi) is 6.59. The fourth-order valence-electron chi connectivity index (χ4n) is 4.83. The summed E-state index contributed by atoms with van der Waals surface area (Å²) in [7, 11) is 1.86. The van der Waals surface area contributed by atoms with Crippen LogP contribution < -0.4 is 10.2 Å². The summed E-state index contributed by atoms with van der Waals surface area (Å²) in [6.07, 6.45) is 2.71. The Labute approximate surface area is 186 Å². The van der Waals surface area contributed by atoms with Crippen molar-refractivity contribution in [3.63, 3.8) is 0 Å². The second-order valence-corrected chi connectivity index (χ2v) is 8.88. The number of carbonyl (C=O) groups is 1. The predicted octanol–water partition coefficient (Wildman–Crippen LogP) is 4.29. The molecular formula is C26H34N4O. The minimum Gasteiger partial charge on any atom is -0.355 e. The van der Waals surface area contributed by atoms with E-state index >= 15 is 0 Å². The van der Waals surface area contributed by atoms with Gasteiger partial charge in [-0.3, -0.25) is 9.79 Å². The van der Waals surface area contributed by atoms with E-state index in [0.29, 0.717) is 24.2 Å². The summed E-state index contributed by atoms with van der Waals surface area (Å²) in [6.45, 7) is 7.89. The lowest BCUT2D eigenvalue weighted by Gasteiger charge is -2.25. The Morgan fingerprint density at radius 2 is 2.06 bits per heavy atom. The molecule has 1 saturated heterocycles. The summed E-state index contributed by atoms with van der Waals surface area (Å²) in [5.41, 5.74) is 5.24. The van der Waals surface area contributed by atoms with Crippen LogP contribution in [-0.4, -0.2) is 50.0 Å². The van der Waals surface area contributed by atoms with Gasteiger partial charge in [0.2, 0.25) is 5.91 Å². The highest BCUT2D eigenvalue weighted by atomic mass is 16.2. The molecule has 164 valence electrons. The maximum atomic E-state index is 12.0. The van der Waals surface area contributed by atoms with E-state index in [4.69, 9.17) is 0 Å². The van der Waals surface area contributed by atoms with Gasteiger partial charge < -0.3 is 15.1 Å². The molecule has 0 spiro atoms. The number of rotatable bonds is 6. The lowest BCUT2D eigenvalue weighted by atomic mass is 9.98. The van der Waals surface area contributed by atoms with Crippen molar-refractivity contribution in [2.45, 2.75) is 44.9 Å². The van der Waals surface area contributed by atoms with Gasteiger partial charge in [-0.2, -0.15) is 0 Å². The first-order valence-electron chi connectivity index (χ1n) is 11.5. The van der Waals surface area contributed by atoms with Crippen LogP contribution in [0, 0.1) is 6.92 Å². The van der Waals surface area contributed by atoms with Gasteiger partial charge in [-0.25, -0.2) is 0 Å². The average Bonchev–Trinajstić information content (AvgIpc) is 3.36. The molecule has 2 heterocycles. The summed E-state index contributed by atoms with van der Waals surface area (Å²) in [5.74, 6) is 2.04. The monoisotopic (exact) mass is 418 g/mol. The van der Waals surface area contributed by atoms with Crippen molar-refractivity contribution in [2.75, 3.05) is 38.1 Å². The van der Waals surface area contributed by atoms with Crippen LogP contribution in [0.15, 0.2) is 53.5 Å². The zero-order valence-electron chi connectivity index (χ0n) is 19.0. The molecule has 2 aliphatic rings. The largest absolute Gasteiger partial charge is 0.355 e. The van der Waals surface area contributed by atoms with E-state index in [1.165, 1.54) is 22.4 Å². The number of benzene rings is 2. The van der Waals surface area contributed by atoms with E-state index in [1.807, 2.05) is 11.9 Å². The molecule has 5 heteroatoms. The molecule has 1 amide bonds. The number of aliphatic imine (C=N–C) groups is 1. The number of nitrogens with zero attached hydrogens (tertiary/aromatic N) is 3. The summed E-state index contributed by atoms with van der Waals surface area (Å²) in [6, 6.07) is 17.4. The summed E-state index contributed by atoms with van der Waals surface area (Å²) < 4.78 is 0. The molecule has 0 aliphatic carbocycles. The van der Waals surface area contributed by atoms with Gasteiger partial charge in [-0.15, -0.1) is 0 Å². The van der Waals surface area contributed by atoms with Gasteiger partial charge in [-0.05, 0) is 42.9 Å². The van der Waals surface area contributed by atoms with Gasteiger partial charge in [0.05, 0.1) is 0 Å². The average molecular weight is 419 g/mol. The van der Waals surface area contributed by atoms with E-state index in [1.54, 1.807) is 0 Å². The highest BCUT2D eigenvalue weighted by Gasteiger charge is 2.32. The topological polar surface area (TPSA) is 47.9 Å². The zero-order chi connectivity index (χ0) is 21.8. The van der Waals surface area contributed by atoms with Crippen LogP contribution in [0.5, 0.6) is 0 Å². The maximum absolute atomic E-state index is 12.0. The van der Waals surface area contributed by atoms with Gasteiger partial charge in [-0.1, -0.05) is 55.0 Å². The number of amides is 1. The van der Waals surface area contributed by atoms with Gasteiger partial charge in [0, 0.05) is 51.3 Å². The summed E-state index contributed by atoms with van der Waals surface area (Å²) >= 11 is 0. The number of likely N-dealkylation sites (tertiary alicyclic amines) is 1. The first-order chi connectivity index (χ1) is 15.1. The van der Waals surface area contributed by atoms with E-state index in [0.717, 1.165) is 45.0 Å². The number of carbonyl (C=O) groups excluding carboxylic acids is 1. The van der Waals surface area contributed by atoms with Gasteiger partial charge in [0.1, 0.15) is 0 Å². The van der Waals surface area contributed by atoms with Crippen molar-refractivity contribution in [3.8, 4) is 0 Å². The predicted molar refractivity (Wildman–Crippen MR) is 128 cm³/mol. The minimum atomic E-state index is 0.311. The number of anilines is 1. The number of para-hydroxylation sites is 1. The van der Waals surface area contributed by atoms with Crippen molar-refractivity contribution in [3.05, 3.63) is 65.2 Å². The van der Waals surface area contributed by atoms with E-state index in [9.17, 15) is 4.79 Å². The number of fused-ring (bicyclic) bond motifs is 1. The third kappa shape index (κ3) is 4.76. The van der Waals surface area contributed by atoms with Crippen molar-refractivity contribution in [2.24, 2.45) is 4.99 Å². The van der Waals surface area contributed by atoms with Crippen LogP contribution >= 0.6 is 0 Å². The Morgan fingerprint density at radius 1 is 1.23 bits per heavy atom. The lowest BCUT2D eigenvalue weighted by molar-refractivity contribution is -0.127. The third-order valence-corrected chi connectivity index (χ3v) is 6.63. The number of aryl methyl sites for hydroxylation is 1. The van der Waals surface area contributed by atoms with Crippen molar-refractivity contribution in [1.82, 2.24) is 10.2 Å². The molecule has 1 N–H and O–H groups in total. The molecule has 31 heavy (non-hydrogen) atoms. The maximum Gasteiger partial charge on any atom is 0.222 e. The fraction of sp³-hybridized carbons (Fsp3) is 0.462. The number of hydrogen-bond acceptors (Lipinski definition) is 2. The quantitative estimate of drug-likeness (QED) is 0.562. The van der Waals surface area contributed by atoms with Crippen molar-refractivity contribution in [1.29, 1.82) is 0 Å². The van der Waals surface area contributed by atoms with Crippen molar-refractivity contribution >= 4 is 17.6 Å². The SMILES string of the molecule is CN=C(NCC(C)c1cccc(C)c1)N1CC(CCN2CCCC2=O)c2ccccc21. The van der Waals surface area contributed by atoms with E-state index in [-0.39, 0.29) is 0 Å². The highest BCUT2D eigenvalue weighted by molar-refractivity contribution is 5.98. The molecule has 4 rings (SSSR count). The molecule has 1 fully saturated rings. The molecule has 5 nitrogen and oxygen atoms in total. The van der Waals surface area contributed by atoms with Crippen LogP contribution in [0.1, 0.15) is 54.7 Å². The Bertz CT molecular complexity index is 954. The summed E-state index contributed by atoms with van der Waals surface area (Å²) in [5, 5.41) is 3.61. The summed E-state index contributed by atoms with van der Waals surface area (Å²) in [4.78, 5) is 21.0. The van der Waals surface area contributed by atoms with E-state index in [2.05, 4.69) is 77.6 Å². The van der Waals surface area contributed by atoms with Crippen LogP contribution in [0.25, 0.3) is 0 Å². The fourth-order valence-corrected chi connectivity index (χ4v) is 4.83. The number of hydrogen-bond donors (Lipinski definition) is 1. The van der Waals surface area contributed by atoms with Crippen LogP contribution in [0.2, 0.25) is 0 Å². The Morgan fingerprint density at radius 3 is 2.81 bits per heavy atom. The molecule has 2 aromatic rings. The Hall–Kier alpha value is -2.82. The minimum absolute atomic E-state index is 0.311. The van der Waals surface area contributed by atoms with Gasteiger partial charge >= 0.3 is 0 Å². The first-order valence-corrected chi connectivity index (χ1v) is 11.5. The molecule has 0 radical (unpaired) electrons. The molecule has 0 saturated carbocycles. The van der Waals surface area contributed by atoms with E-state index < -0.39 is 0 Å². The Balaban J connectivity index is 1.43. The molecular weight excluding hydrogens is 384 g/mol. The second-order valence-electron chi connectivity index (χ2n) is 8.88. The normalized spacial score (nSPS) is 19.6.